The number of nitrogens with zero attached hydrogens (tertiary/aromatic N) is 6. The third-order valence-electron chi connectivity index (χ3n) is 9.28. The minimum absolute atomic E-state index is 0.0873. The number of fused-ring (bicyclic) bond motifs is 6. The van der Waals surface area contributed by atoms with E-state index in [1.807, 2.05) is 28.7 Å². The molecule has 6 heterocycles. The molecule has 202 valence electrons. The molecule has 3 saturated heterocycles. The van der Waals surface area contributed by atoms with Crippen molar-refractivity contribution in [2.75, 3.05) is 51.2 Å². The first-order valence-electron chi connectivity index (χ1n) is 14.2. The Morgan fingerprint density at radius 2 is 1.77 bits per heavy atom. The van der Waals surface area contributed by atoms with E-state index in [0.29, 0.717) is 33.6 Å². The second kappa shape index (κ2) is 8.97. The van der Waals surface area contributed by atoms with Gasteiger partial charge in [-0.05, 0) is 56.7 Å². The highest BCUT2D eigenvalue weighted by atomic mass is 32.1. The average Bonchev–Trinajstić information content (AvgIpc) is 3.47. The lowest BCUT2D eigenvalue weighted by Gasteiger charge is -2.32. The summed E-state index contributed by atoms with van der Waals surface area (Å²) in [6.45, 7) is 6.09. The van der Waals surface area contributed by atoms with Gasteiger partial charge in [0.05, 0.1) is 15.6 Å². The summed E-state index contributed by atoms with van der Waals surface area (Å²) in [7, 11) is 2.19. The first-order chi connectivity index (χ1) is 19.0. The van der Waals surface area contributed by atoms with Gasteiger partial charge in [0.1, 0.15) is 10.4 Å². The number of nitrogens with one attached hydrogen (secondary N) is 1. The van der Waals surface area contributed by atoms with E-state index >= 15 is 0 Å². The highest BCUT2D eigenvalue weighted by molar-refractivity contribution is 7.24. The molecule has 3 aliphatic heterocycles. The van der Waals surface area contributed by atoms with Crippen LogP contribution in [0.25, 0.3) is 26.1 Å². The number of amides is 1. The monoisotopic (exact) mass is 543 g/mol. The summed E-state index contributed by atoms with van der Waals surface area (Å²) in [6, 6.07) is 8.90. The van der Waals surface area contributed by atoms with Crippen LogP contribution in [0.3, 0.4) is 0 Å². The van der Waals surface area contributed by atoms with Gasteiger partial charge in [0.2, 0.25) is 11.4 Å². The van der Waals surface area contributed by atoms with Crippen LogP contribution >= 0.6 is 11.3 Å². The minimum atomic E-state index is -0.282. The molecule has 0 radical (unpaired) electrons. The number of para-hydroxylation sites is 1. The van der Waals surface area contributed by atoms with Gasteiger partial charge in [-0.15, -0.1) is 11.3 Å². The van der Waals surface area contributed by atoms with Crippen LogP contribution in [0.1, 0.15) is 36.0 Å². The maximum Gasteiger partial charge on any atom is 0.258 e. The zero-order valence-electron chi connectivity index (χ0n) is 22.2. The number of carbonyl (C=O) groups is 1. The average molecular weight is 544 g/mol. The quantitative estimate of drug-likeness (QED) is 0.424. The lowest BCUT2D eigenvalue weighted by Crippen LogP contribution is -2.46. The lowest BCUT2D eigenvalue weighted by atomic mass is 10.0. The number of anilines is 1. The molecule has 4 fully saturated rings. The van der Waals surface area contributed by atoms with Crippen molar-refractivity contribution in [2.24, 2.45) is 11.8 Å². The summed E-state index contributed by atoms with van der Waals surface area (Å²) in [6.07, 6.45) is 6.09. The molecule has 4 aromatic rings. The largest absolute Gasteiger partial charge is 0.349 e. The van der Waals surface area contributed by atoms with Gasteiger partial charge in [-0.3, -0.25) is 14.0 Å². The first kappa shape index (κ1) is 23.8. The van der Waals surface area contributed by atoms with Crippen LogP contribution in [-0.4, -0.2) is 88.5 Å². The Balaban J connectivity index is 1.19. The van der Waals surface area contributed by atoms with Crippen LogP contribution in [0.5, 0.6) is 0 Å². The number of piperidine rings is 1. The van der Waals surface area contributed by atoms with E-state index in [-0.39, 0.29) is 22.9 Å². The summed E-state index contributed by atoms with van der Waals surface area (Å²) in [4.78, 5) is 45.2. The highest BCUT2D eigenvalue weighted by Gasteiger charge is 2.40. The van der Waals surface area contributed by atoms with E-state index in [1.54, 1.807) is 6.20 Å². The first-order valence-corrected chi connectivity index (χ1v) is 15.1. The van der Waals surface area contributed by atoms with Crippen molar-refractivity contribution in [2.45, 2.75) is 37.8 Å². The van der Waals surface area contributed by atoms with Crippen LogP contribution in [0.4, 0.5) is 5.95 Å². The second-order valence-electron chi connectivity index (χ2n) is 12.0. The number of hydrogen-bond acceptors (Lipinski definition) is 8. The van der Waals surface area contributed by atoms with Crippen molar-refractivity contribution < 1.29 is 4.79 Å². The Kier molecular flexibility index (Phi) is 5.47. The van der Waals surface area contributed by atoms with Crippen molar-refractivity contribution >= 4 is 49.3 Å². The molecule has 3 aromatic heterocycles. The van der Waals surface area contributed by atoms with Crippen molar-refractivity contribution in [3.8, 4) is 0 Å². The predicted molar refractivity (Wildman–Crippen MR) is 154 cm³/mol. The fraction of sp³-hybridized carbons (Fsp3) is 0.517. The lowest BCUT2D eigenvalue weighted by molar-refractivity contribution is 0.0910. The molecule has 1 amide bonds. The molecule has 10 heteroatoms. The number of rotatable bonds is 4. The number of thiazole rings is 1. The second-order valence-corrected chi connectivity index (χ2v) is 13.0. The maximum absolute atomic E-state index is 13.9. The molecule has 1 aromatic carbocycles. The predicted octanol–water partition coefficient (Wildman–Crippen LogP) is 2.81. The minimum Gasteiger partial charge on any atom is -0.349 e. The molecule has 39 heavy (non-hydrogen) atoms. The molecule has 1 aliphatic carbocycles. The number of likely N-dealkylation sites (tertiary alicyclic amines) is 2. The van der Waals surface area contributed by atoms with E-state index in [9.17, 15) is 9.59 Å². The van der Waals surface area contributed by atoms with E-state index in [2.05, 4.69) is 32.0 Å². The standard InChI is InChI=1S/C29H33N7O2S/c1-33-13-17-15-35(16-18(17)14-33)29-30-12-21-25(37)24(27(38)31-19-8-10-34(11-9-19)20-6-7-20)28-36(26(21)32-29)22-4-2-3-5-23(22)39-28/h2-5,12,17-20H,6-11,13-16H2,1H3,(H,31,38). The molecule has 2 atom stereocenters. The number of carbonyl (C=O) groups excluding carboxylic acids is 1. The Bertz CT molecular complexity index is 1660. The summed E-state index contributed by atoms with van der Waals surface area (Å²) in [5.74, 6) is 1.64. The fourth-order valence-electron chi connectivity index (χ4n) is 7.14. The van der Waals surface area contributed by atoms with Gasteiger partial charge in [-0.1, -0.05) is 12.1 Å². The number of benzene rings is 1. The van der Waals surface area contributed by atoms with Crippen LogP contribution in [0.15, 0.2) is 35.3 Å². The van der Waals surface area contributed by atoms with Crippen molar-refractivity contribution in [3.63, 3.8) is 0 Å². The zero-order chi connectivity index (χ0) is 26.2. The van der Waals surface area contributed by atoms with Crippen LogP contribution in [0, 0.1) is 11.8 Å². The van der Waals surface area contributed by atoms with Gasteiger partial charge < -0.3 is 20.0 Å². The number of aromatic nitrogens is 3. The summed E-state index contributed by atoms with van der Waals surface area (Å²) >= 11 is 1.49. The van der Waals surface area contributed by atoms with Gasteiger partial charge in [0, 0.05) is 57.5 Å². The van der Waals surface area contributed by atoms with E-state index in [0.717, 1.165) is 68.4 Å². The smallest absolute Gasteiger partial charge is 0.258 e. The molecule has 8 rings (SSSR count). The zero-order valence-corrected chi connectivity index (χ0v) is 23.0. The normalized spacial score (nSPS) is 24.8. The fourth-order valence-corrected chi connectivity index (χ4v) is 8.32. The van der Waals surface area contributed by atoms with Crippen molar-refractivity contribution in [1.82, 2.24) is 29.5 Å². The van der Waals surface area contributed by atoms with Gasteiger partial charge in [0.15, 0.2) is 5.65 Å². The summed E-state index contributed by atoms with van der Waals surface area (Å²) < 4.78 is 3.03. The number of pyridine rings is 1. The molecule has 1 saturated carbocycles. The van der Waals surface area contributed by atoms with E-state index in [4.69, 9.17) is 4.98 Å². The molecule has 0 spiro atoms. The van der Waals surface area contributed by atoms with E-state index in [1.165, 1.54) is 24.2 Å². The van der Waals surface area contributed by atoms with Crippen LogP contribution in [0.2, 0.25) is 0 Å². The van der Waals surface area contributed by atoms with Gasteiger partial charge in [-0.25, -0.2) is 4.98 Å². The Morgan fingerprint density at radius 1 is 1.03 bits per heavy atom. The topological polar surface area (TPSA) is 86.1 Å². The molecule has 1 N–H and O–H groups in total. The van der Waals surface area contributed by atoms with E-state index < -0.39 is 0 Å². The maximum atomic E-state index is 13.9. The molecule has 2 unspecified atom stereocenters. The third kappa shape index (κ3) is 3.95. The Hall–Kier alpha value is -3.08. The SMILES string of the molecule is CN1CC2CN(c3ncc4c(=O)c(C(=O)NC5CCN(C6CC6)CC5)c5sc6ccccc6n5c4n3)CC2C1. The molecular weight excluding hydrogens is 510 g/mol. The molecule has 0 bridgehead atoms. The van der Waals surface area contributed by atoms with Crippen LogP contribution < -0.4 is 15.6 Å². The summed E-state index contributed by atoms with van der Waals surface area (Å²) in [5.41, 5.74) is 1.47. The van der Waals surface area contributed by atoms with Gasteiger partial charge >= 0.3 is 0 Å². The van der Waals surface area contributed by atoms with Gasteiger partial charge in [-0.2, -0.15) is 4.98 Å². The van der Waals surface area contributed by atoms with Crippen molar-refractivity contribution in [3.05, 3.63) is 46.2 Å². The third-order valence-corrected chi connectivity index (χ3v) is 10.4. The molecule has 4 aliphatic rings. The Morgan fingerprint density at radius 3 is 2.51 bits per heavy atom. The molecular formula is C29H33N7O2S. The van der Waals surface area contributed by atoms with Gasteiger partial charge in [0.25, 0.3) is 5.91 Å². The van der Waals surface area contributed by atoms with Crippen molar-refractivity contribution in [1.29, 1.82) is 0 Å². The summed E-state index contributed by atoms with van der Waals surface area (Å²) in [5, 5.41) is 3.61. The number of hydrogen-bond donors (Lipinski definition) is 1. The molecule has 9 nitrogen and oxygen atoms in total. The van der Waals surface area contributed by atoms with Crippen LogP contribution in [-0.2, 0) is 0 Å². The Labute approximate surface area is 230 Å². The highest BCUT2D eigenvalue weighted by Crippen LogP contribution is 2.34.